The van der Waals surface area contributed by atoms with E-state index in [1.54, 1.807) is 6.92 Å². The molecule has 0 aromatic heterocycles. The predicted molar refractivity (Wildman–Crippen MR) is 105 cm³/mol. The summed E-state index contributed by atoms with van der Waals surface area (Å²) in [5, 5.41) is 0.563. The lowest BCUT2D eigenvalue weighted by Gasteiger charge is -2.38. The van der Waals surface area contributed by atoms with Gasteiger partial charge in [0.15, 0.2) is 0 Å². The van der Waals surface area contributed by atoms with Gasteiger partial charge in [0.25, 0.3) is 0 Å². The molecule has 0 amide bonds. The van der Waals surface area contributed by atoms with Crippen molar-refractivity contribution in [3.63, 3.8) is 0 Å². The fraction of sp³-hybridized carbons (Fsp3) is 0.368. The first-order valence-corrected chi connectivity index (χ1v) is 10.7. The summed E-state index contributed by atoms with van der Waals surface area (Å²) < 4.78 is 34.0. The van der Waals surface area contributed by atoms with Gasteiger partial charge in [-0.25, -0.2) is 13.1 Å². The van der Waals surface area contributed by atoms with Gasteiger partial charge >= 0.3 is 0 Å². The molecule has 0 aliphatic carbocycles. The molecule has 1 saturated heterocycles. The minimum Gasteiger partial charge on any atom is -0.381 e. The van der Waals surface area contributed by atoms with Gasteiger partial charge < -0.3 is 4.74 Å². The van der Waals surface area contributed by atoms with Gasteiger partial charge in [-0.15, -0.1) is 0 Å². The van der Waals surface area contributed by atoms with Crippen LogP contribution in [-0.4, -0.2) is 28.2 Å². The third-order valence-electron chi connectivity index (χ3n) is 4.94. The smallest absolute Gasteiger partial charge is 0.242 e. The molecule has 1 N–H and O–H groups in total. The van der Waals surface area contributed by atoms with Crippen molar-refractivity contribution in [2.75, 3.05) is 19.8 Å². The zero-order valence-corrected chi connectivity index (χ0v) is 16.8. The first-order chi connectivity index (χ1) is 12.3. The number of nitrogens with one attached hydrogen (secondary N) is 1. The minimum absolute atomic E-state index is 0.0522. The van der Waals surface area contributed by atoms with E-state index in [0.717, 1.165) is 18.4 Å². The molecule has 1 heterocycles. The summed E-state index contributed by atoms with van der Waals surface area (Å²) in [6.45, 7) is 3.26. The molecule has 1 fully saturated rings. The second kappa shape index (κ2) is 7.87. The highest BCUT2D eigenvalue weighted by molar-refractivity contribution is 7.89. The van der Waals surface area contributed by atoms with Crippen molar-refractivity contribution in [3.05, 3.63) is 63.6 Å². The van der Waals surface area contributed by atoms with E-state index in [4.69, 9.17) is 27.9 Å². The normalized spacial score (nSPS) is 17.2. The average Bonchev–Trinajstić information content (AvgIpc) is 2.64. The molecule has 7 heteroatoms. The Morgan fingerprint density at radius 3 is 2.38 bits per heavy atom. The number of sulfonamides is 1. The van der Waals surface area contributed by atoms with Gasteiger partial charge in [-0.05, 0) is 43.0 Å². The number of hydrogen-bond acceptors (Lipinski definition) is 3. The monoisotopic (exact) mass is 413 g/mol. The topological polar surface area (TPSA) is 55.4 Å². The van der Waals surface area contributed by atoms with Gasteiger partial charge in [-0.2, -0.15) is 0 Å². The SMILES string of the molecule is Cc1cc(S(=O)(=O)NCC2(c3ccccc3)CCOCC2)c(Cl)cc1Cl. The first kappa shape index (κ1) is 19.6. The van der Waals surface area contributed by atoms with Crippen LogP contribution in [-0.2, 0) is 20.2 Å². The van der Waals surface area contributed by atoms with Crippen LogP contribution < -0.4 is 4.72 Å². The summed E-state index contributed by atoms with van der Waals surface area (Å²) in [4.78, 5) is 0.0522. The second-order valence-electron chi connectivity index (χ2n) is 6.62. The molecule has 0 spiro atoms. The lowest BCUT2D eigenvalue weighted by molar-refractivity contribution is 0.0517. The fourth-order valence-electron chi connectivity index (χ4n) is 3.27. The molecule has 0 saturated carbocycles. The molecule has 140 valence electrons. The maximum Gasteiger partial charge on any atom is 0.242 e. The van der Waals surface area contributed by atoms with E-state index < -0.39 is 10.0 Å². The van der Waals surface area contributed by atoms with Crippen LogP contribution in [0.3, 0.4) is 0 Å². The van der Waals surface area contributed by atoms with Crippen molar-refractivity contribution in [2.24, 2.45) is 0 Å². The maximum absolute atomic E-state index is 12.9. The van der Waals surface area contributed by atoms with Crippen molar-refractivity contribution in [3.8, 4) is 0 Å². The Morgan fingerprint density at radius 2 is 1.73 bits per heavy atom. The quantitative estimate of drug-likeness (QED) is 0.793. The van der Waals surface area contributed by atoms with Crippen molar-refractivity contribution in [2.45, 2.75) is 30.1 Å². The molecule has 1 aliphatic rings. The molecule has 0 atom stereocenters. The third-order valence-corrected chi connectivity index (χ3v) is 7.21. The lowest BCUT2D eigenvalue weighted by atomic mass is 9.74. The van der Waals surface area contributed by atoms with Crippen molar-refractivity contribution < 1.29 is 13.2 Å². The lowest BCUT2D eigenvalue weighted by Crippen LogP contribution is -2.44. The van der Waals surface area contributed by atoms with Crippen LogP contribution in [0.5, 0.6) is 0 Å². The Bertz CT molecular complexity index is 879. The zero-order valence-electron chi connectivity index (χ0n) is 14.5. The van der Waals surface area contributed by atoms with E-state index in [-0.39, 0.29) is 15.3 Å². The summed E-state index contributed by atoms with van der Waals surface area (Å²) in [7, 11) is -3.76. The van der Waals surface area contributed by atoms with Crippen LogP contribution in [0.1, 0.15) is 24.0 Å². The fourth-order valence-corrected chi connectivity index (χ4v) is 5.23. The Balaban J connectivity index is 1.88. The minimum atomic E-state index is -3.76. The number of ether oxygens (including phenoxy) is 1. The zero-order chi connectivity index (χ0) is 18.8. The standard InChI is InChI=1S/C19H21Cl2NO3S/c1-14-11-18(17(21)12-16(14)20)26(23,24)22-13-19(7-9-25-10-8-19)15-5-3-2-4-6-15/h2-6,11-12,22H,7-10,13H2,1H3. The van der Waals surface area contributed by atoms with Crippen LogP contribution in [0.4, 0.5) is 0 Å². The number of aryl methyl sites for hydroxylation is 1. The first-order valence-electron chi connectivity index (χ1n) is 8.43. The van der Waals surface area contributed by atoms with E-state index in [0.29, 0.717) is 30.3 Å². The Labute approximate surface area is 164 Å². The van der Waals surface area contributed by atoms with Gasteiger partial charge in [0.05, 0.1) is 5.02 Å². The summed E-state index contributed by atoms with van der Waals surface area (Å²) in [5.41, 5.74) is 1.49. The molecule has 0 bridgehead atoms. The largest absolute Gasteiger partial charge is 0.381 e. The highest BCUT2D eigenvalue weighted by Crippen LogP contribution is 2.35. The maximum atomic E-state index is 12.9. The van der Waals surface area contributed by atoms with Gasteiger partial charge in [0.2, 0.25) is 10.0 Å². The number of halogens is 2. The molecular formula is C19H21Cl2NO3S. The molecule has 4 nitrogen and oxygen atoms in total. The third kappa shape index (κ3) is 4.07. The molecule has 2 aromatic carbocycles. The van der Waals surface area contributed by atoms with E-state index >= 15 is 0 Å². The van der Waals surface area contributed by atoms with Crippen molar-refractivity contribution >= 4 is 33.2 Å². The van der Waals surface area contributed by atoms with Crippen LogP contribution >= 0.6 is 23.2 Å². The number of rotatable bonds is 5. The van der Waals surface area contributed by atoms with Gasteiger partial charge in [0.1, 0.15) is 4.90 Å². The summed E-state index contributed by atoms with van der Waals surface area (Å²) in [5.74, 6) is 0. The van der Waals surface area contributed by atoms with E-state index in [1.807, 2.05) is 30.3 Å². The Kier molecular flexibility index (Phi) is 5.94. The summed E-state index contributed by atoms with van der Waals surface area (Å²) in [6.07, 6.45) is 1.51. The molecule has 26 heavy (non-hydrogen) atoms. The van der Waals surface area contributed by atoms with Crippen molar-refractivity contribution in [1.29, 1.82) is 0 Å². The van der Waals surface area contributed by atoms with Gasteiger partial charge in [-0.1, -0.05) is 53.5 Å². The molecule has 2 aromatic rings. The molecule has 1 aliphatic heterocycles. The summed E-state index contributed by atoms with van der Waals surface area (Å²) >= 11 is 12.2. The van der Waals surface area contributed by atoms with Gasteiger partial charge in [-0.3, -0.25) is 0 Å². The number of benzene rings is 2. The molecule has 3 rings (SSSR count). The van der Waals surface area contributed by atoms with E-state index in [9.17, 15) is 8.42 Å². The van der Waals surface area contributed by atoms with Gasteiger partial charge in [0, 0.05) is 30.2 Å². The number of hydrogen-bond donors (Lipinski definition) is 1. The molecule has 0 unspecified atom stereocenters. The Hall–Kier alpha value is -1.11. The second-order valence-corrected chi connectivity index (χ2v) is 9.16. The van der Waals surface area contributed by atoms with Crippen LogP contribution in [0.25, 0.3) is 0 Å². The highest BCUT2D eigenvalue weighted by Gasteiger charge is 2.36. The van der Waals surface area contributed by atoms with Crippen LogP contribution in [0, 0.1) is 6.92 Å². The molecule has 0 radical (unpaired) electrons. The average molecular weight is 414 g/mol. The molecular weight excluding hydrogens is 393 g/mol. The van der Waals surface area contributed by atoms with Crippen molar-refractivity contribution in [1.82, 2.24) is 4.72 Å². The van der Waals surface area contributed by atoms with E-state index in [1.165, 1.54) is 12.1 Å². The predicted octanol–water partition coefficient (Wildman–Crippen LogP) is 4.33. The Morgan fingerprint density at radius 1 is 1.08 bits per heavy atom. The van der Waals surface area contributed by atoms with Crippen LogP contribution in [0.2, 0.25) is 10.0 Å². The van der Waals surface area contributed by atoms with Crippen LogP contribution in [0.15, 0.2) is 47.4 Å². The summed E-state index contributed by atoms with van der Waals surface area (Å²) in [6, 6.07) is 13.0. The highest BCUT2D eigenvalue weighted by atomic mass is 35.5. The van der Waals surface area contributed by atoms with E-state index in [2.05, 4.69) is 4.72 Å².